The first-order chi connectivity index (χ1) is 7.83. The summed E-state index contributed by atoms with van der Waals surface area (Å²) in [5.74, 6) is 0. The van der Waals surface area contributed by atoms with Gasteiger partial charge in [-0.2, -0.15) is 0 Å². The van der Waals surface area contributed by atoms with E-state index in [0.29, 0.717) is 0 Å². The molecule has 0 fully saturated rings. The van der Waals surface area contributed by atoms with E-state index in [1.165, 1.54) is 3.57 Å². The second-order valence-corrected chi connectivity index (χ2v) is 4.64. The SMILES string of the molecule is COCCCOCCNc1ccc(I)cc1. The molecule has 1 rings (SSSR count). The van der Waals surface area contributed by atoms with Gasteiger partial charge in [0.15, 0.2) is 0 Å². The van der Waals surface area contributed by atoms with Crippen LogP contribution >= 0.6 is 22.6 Å². The third-order valence-electron chi connectivity index (χ3n) is 2.06. The van der Waals surface area contributed by atoms with Gasteiger partial charge in [-0.25, -0.2) is 0 Å². The van der Waals surface area contributed by atoms with Crippen LogP contribution in [0, 0.1) is 3.57 Å². The second kappa shape index (κ2) is 8.78. The fourth-order valence-corrected chi connectivity index (χ4v) is 1.60. The van der Waals surface area contributed by atoms with Gasteiger partial charge >= 0.3 is 0 Å². The van der Waals surface area contributed by atoms with Crippen molar-refractivity contribution in [2.45, 2.75) is 6.42 Å². The van der Waals surface area contributed by atoms with Gasteiger partial charge in [0.25, 0.3) is 0 Å². The Morgan fingerprint density at radius 3 is 2.56 bits per heavy atom. The van der Waals surface area contributed by atoms with Crippen LogP contribution in [0.1, 0.15) is 6.42 Å². The first kappa shape index (κ1) is 13.7. The van der Waals surface area contributed by atoms with Crippen LogP contribution in [-0.2, 0) is 9.47 Å². The van der Waals surface area contributed by atoms with Crippen molar-refractivity contribution in [1.82, 2.24) is 0 Å². The third-order valence-corrected chi connectivity index (χ3v) is 2.78. The lowest BCUT2D eigenvalue weighted by Crippen LogP contribution is -2.10. The summed E-state index contributed by atoms with van der Waals surface area (Å²) in [7, 11) is 1.71. The molecule has 0 saturated carbocycles. The number of halogens is 1. The predicted octanol–water partition coefficient (Wildman–Crippen LogP) is 2.76. The first-order valence-electron chi connectivity index (χ1n) is 5.39. The molecule has 1 aromatic carbocycles. The average Bonchev–Trinajstić information content (AvgIpc) is 2.30. The van der Waals surface area contributed by atoms with Gasteiger partial charge in [0.2, 0.25) is 0 Å². The number of anilines is 1. The number of rotatable bonds is 8. The van der Waals surface area contributed by atoms with E-state index in [2.05, 4.69) is 52.2 Å². The smallest absolute Gasteiger partial charge is 0.0639 e. The Hall–Kier alpha value is -0.330. The van der Waals surface area contributed by atoms with Crippen molar-refractivity contribution in [2.75, 3.05) is 38.8 Å². The van der Waals surface area contributed by atoms with Crippen molar-refractivity contribution in [3.05, 3.63) is 27.8 Å². The van der Waals surface area contributed by atoms with Gasteiger partial charge in [0.05, 0.1) is 6.61 Å². The highest BCUT2D eigenvalue weighted by Gasteiger charge is 1.92. The van der Waals surface area contributed by atoms with E-state index in [9.17, 15) is 0 Å². The summed E-state index contributed by atoms with van der Waals surface area (Å²) in [4.78, 5) is 0. The maximum Gasteiger partial charge on any atom is 0.0639 e. The number of hydrogen-bond donors (Lipinski definition) is 1. The summed E-state index contributed by atoms with van der Waals surface area (Å²) in [5.41, 5.74) is 1.14. The molecule has 4 heteroatoms. The van der Waals surface area contributed by atoms with Crippen LogP contribution in [0.5, 0.6) is 0 Å². The van der Waals surface area contributed by atoms with Crippen molar-refractivity contribution in [1.29, 1.82) is 0 Å². The van der Waals surface area contributed by atoms with Crippen molar-refractivity contribution >= 4 is 28.3 Å². The van der Waals surface area contributed by atoms with Crippen LogP contribution in [0.3, 0.4) is 0 Å². The highest BCUT2D eigenvalue weighted by molar-refractivity contribution is 14.1. The molecule has 0 spiro atoms. The van der Waals surface area contributed by atoms with E-state index < -0.39 is 0 Å². The molecule has 0 bridgehead atoms. The molecular formula is C12H18INO2. The lowest BCUT2D eigenvalue weighted by Gasteiger charge is -2.07. The molecule has 0 aliphatic carbocycles. The lowest BCUT2D eigenvalue weighted by molar-refractivity contribution is 0.109. The van der Waals surface area contributed by atoms with E-state index in [4.69, 9.17) is 9.47 Å². The Morgan fingerprint density at radius 1 is 1.12 bits per heavy atom. The summed E-state index contributed by atoms with van der Waals surface area (Å²) < 4.78 is 11.6. The molecule has 16 heavy (non-hydrogen) atoms. The molecule has 0 aliphatic heterocycles. The summed E-state index contributed by atoms with van der Waals surface area (Å²) in [5, 5.41) is 3.30. The molecule has 0 radical (unpaired) electrons. The Bertz CT molecular complexity index is 277. The Kier molecular flexibility index (Phi) is 7.54. The number of nitrogens with one attached hydrogen (secondary N) is 1. The summed E-state index contributed by atoms with van der Waals surface area (Å²) in [6.07, 6.45) is 0.958. The quantitative estimate of drug-likeness (QED) is 0.585. The molecule has 1 N–H and O–H groups in total. The molecule has 0 unspecified atom stereocenters. The standard InChI is InChI=1S/C12H18INO2/c1-15-8-2-9-16-10-7-14-12-5-3-11(13)4-6-12/h3-6,14H,2,7-10H2,1H3. The summed E-state index contributed by atoms with van der Waals surface area (Å²) in [6, 6.07) is 8.32. The van der Waals surface area contributed by atoms with Crippen LogP contribution in [0.15, 0.2) is 24.3 Å². The van der Waals surface area contributed by atoms with E-state index in [-0.39, 0.29) is 0 Å². The molecule has 0 heterocycles. The minimum atomic E-state index is 0.732. The summed E-state index contributed by atoms with van der Waals surface area (Å²) in [6.45, 7) is 3.11. The molecule has 0 amide bonds. The topological polar surface area (TPSA) is 30.5 Å². The number of benzene rings is 1. The molecule has 3 nitrogen and oxygen atoms in total. The largest absolute Gasteiger partial charge is 0.385 e. The zero-order valence-electron chi connectivity index (χ0n) is 9.54. The van der Waals surface area contributed by atoms with E-state index in [1.807, 2.05) is 0 Å². The van der Waals surface area contributed by atoms with Gasteiger partial charge in [-0.1, -0.05) is 0 Å². The Balaban J connectivity index is 2.01. The van der Waals surface area contributed by atoms with Crippen LogP contribution < -0.4 is 5.32 Å². The highest BCUT2D eigenvalue weighted by Crippen LogP contribution is 2.10. The highest BCUT2D eigenvalue weighted by atomic mass is 127. The van der Waals surface area contributed by atoms with Crippen molar-refractivity contribution in [2.24, 2.45) is 0 Å². The van der Waals surface area contributed by atoms with E-state index >= 15 is 0 Å². The van der Waals surface area contributed by atoms with Gasteiger partial charge in [0, 0.05) is 36.1 Å². The van der Waals surface area contributed by atoms with Gasteiger partial charge in [-0.15, -0.1) is 0 Å². The zero-order valence-corrected chi connectivity index (χ0v) is 11.7. The third kappa shape index (κ3) is 6.30. The Labute approximate surface area is 111 Å². The molecule has 0 aromatic heterocycles. The van der Waals surface area contributed by atoms with Gasteiger partial charge in [-0.3, -0.25) is 0 Å². The summed E-state index contributed by atoms with van der Waals surface area (Å²) >= 11 is 2.30. The van der Waals surface area contributed by atoms with Gasteiger partial charge < -0.3 is 14.8 Å². The minimum absolute atomic E-state index is 0.732. The normalized spacial score (nSPS) is 10.4. The lowest BCUT2D eigenvalue weighted by atomic mass is 10.3. The van der Waals surface area contributed by atoms with Crippen molar-refractivity contribution in [3.8, 4) is 0 Å². The number of methoxy groups -OCH3 is 1. The second-order valence-electron chi connectivity index (χ2n) is 3.39. The monoisotopic (exact) mass is 335 g/mol. The average molecular weight is 335 g/mol. The van der Waals surface area contributed by atoms with Crippen molar-refractivity contribution in [3.63, 3.8) is 0 Å². The maximum atomic E-state index is 5.44. The maximum absolute atomic E-state index is 5.44. The van der Waals surface area contributed by atoms with Gasteiger partial charge in [0.1, 0.15) is 0 Å². The number of hydrogen-bond acceptors (Lipinski definition) is 3. The van der Waals surface area contributed by atoms with E-state index in [0.717, 1.165) is 38.5 Å². The van der Waals surface area contributed by atoms with Gasteiger partial charge in [-0.05, 0) is 53.3 Å². The molecule has 1 aromatic rings. The number of ether oxygens (including phenoxy) is 2. The van der Waals surface area contributed by atoms with Crippen LogP contribution in [0.2, 0.25) is 0 Å². The van der Waals surface area contributed by atoms with Crippen LogP contribution in [-0.4, -0.2) is 33.5 Å². The predicted molar refractivity (Wildman–Crippen MR) is 75.0 cm³/mol. The fraction of sp³-hybridized carbons (Fsp3) is 0.500. The molecular weight excluding hydrogens is 317 g/mol. The van der Waals surface area contributed by atoms with Crippen molar-refractivity contribution < 1.29 is 9.47 Å². The Morgan fingerprint density at radius 2 is 1.88 bits per heavy atom. The molecule has 0 aliphatic rings. The molecule has 90 valence electrons. The van der Waals surface area contributed by atoms with Crippen LogP contribution in [0.4, 0.5) is 5.69 Å². The zero-order chi connectivity index (χ0) is 11.6. The van der Waals surface area contributed by atoms with E-state index in [1.54, 1.807) is 7.11 Å². The molecule has 0 atom stereocenters. The molecule has 0 saturated heterocycles. The fourth-order valence-electron chi connectivity index (χ4n) is 1.24. The van der Waals surface area contributed by atoms with Crippen LogP contribution in [0.25, 0.3) is 0 Å². The minimum Gasteiger partial charge on any atom is -0.385 e. The first-order valence-corrected chi connectivity index (χ1v) is 6.47.